The molecule has 1 aliphatic rings. The third-order valence-corrected chi connectivity index (χ3v) is 7.18. The summed E-state index contributed by atoms with van der Waals surface area (Å²) in [6, 6.07) is 8.31. The summed E-state index contributed by atoms with van der Waals surface area (Å²) in [7, 11) is 3.09. The maximum atomic E-state index is 13.8. The topological polar surface area (TPSA) is 95.5 Å². The van der Waals surface area contributed by atoms with Crippen LogP contribution < -0.4 is 29.3 Å². The third kappa shape index (κ3) is 4.93. The SMILES string of the molecule is CCOC(=O)C1=C(C)N=c2sc(=Cc3ccc(N(CC)CC)o3)c(=O)n2[C@@H]1c1ccc(OC)c(OC)c1. The molecule has 4 rings (SSSR count). The van der Waals surface area contributed by atoms with Crippen molar-refractivity contribution in [2.45, 2.75) is 33.7 Å². The first kappa shape index (κ1) is 26.3. The number of ether oxygens (including phenoxy) is 3. The van der Waals surface area contributed by atoms with Gasteiger partial charge in [-0.1, -0.05) is 17.4 Å². The van der Waals surface area contributed by atoms with E-state index >= 15 is 0 Å². The number of carbonyl (C=O) groups is 1. The van der Waals surface area contributed by atoms with E-state index < -0.39 is 12.0 Å². The lowest BCUT2D eigenvalue weighted by Crippen LogP contribution is -2.39. The molecular formula is C27H31N3O6S. The Kier molecular flexibility index (Phi) is 7.87. The molecule has 0 fully saturated rings. The minimum absolute atomic E-state index is 0.200. The highest BCUT2D eigenvalue weighted by Gasteiger charge is 2.34. The van der Waals surface area contributed by atoms with Gasteiger partial charge in [0.05, 0.1) is 42.7 Å². The van der Waals surface area contributed by atoms with Crippen LogP contribution in [0.15, 0.2) is 55.8 Å². The normalized spacial score (nSPS) is 15.3. The number of thiazole rings is 1. The van der Waals surface area contributed by atoms with Crippen LogP contribution in [-0.4, -0.2) is 44.5 Å². The summed E-state index contributed by atoms with van der Waals surface area (Å²) < 4.78 is 24.2. The lowest BCUT2D eigenvalue weighted by atomic mass is 9.95. The number of aromatic nitrogens is 1. The zero-order valence-corrected chi connectivity index (χ0v) is 22.7. The number of methoxy groups -OCH3 is 2. The van der Waals surface area contributed by atoms with Crippen molar-refractivity contribution in [2.75, 3.05) is 38.8 Å². The van der Waals surface area contributed by atoms with Crippen molar-refractivity contribution in [1.29, 1.82) is 0 Å². The summed E-state index contributed by atoms with van der Waals surface area (Å²) in [5.74, 6) is 1.81. The van der Waals surface area contributed by atoms with Crippen LogP contribution in [0, 0.1) is 0 Å². The smallest absolute Gasteiger partial charge is 0.338 e. The highest BCUT2D eigenvalue weighted by Crippen LogP contribution is 2.36. The number of fused-ring (bicyclic) bond motifs is 1. The summed E-state index contributed by atoms with van der Waals surface area (Å²) in [5, 5.41) is 0. The molecule has 1 aromatic carbocycles. The lowest BCUT2D eigenvalue weighted by Gasteiger charge is -2.25. The van der Waals surface area contributed by atoms with Gasteiger partial charge in [-0.25, -0.2) is 9.79 Å². The Morgan fingerprint density at radius 3 is 2.51 bits per heavy atom. The molecule has 0 aliphatic carbocycles. The first-order valence-electron chi connectivity index (χ1n) is 12.1. The molecule has 3 aromatic rings. The van der Waals surface area contributed by atoms with Crippen LogP contribution >= 0.6 is 11.3 Å². The number of hydrogen-bond acceptors (Lipinski definition) is 9. The predicted octanol–water partition coefficient (Wildman–Crippen LogP) is 3.25. The summed E-state index contributed by atoms with van der Waals surface area (Å²) in [5.41, 5.74) is 1.19. The lowest BCUT2D eigenvalue weighted by molar-refractivity contribution is -0.139. The average Bonchev–Trinajstić information content (AvgIpc) is 3.47. The first-order valence-corrected chi connectivity index (χ1v) is 12.9. The van der Waals surface area contributed by atoms with E-state index in [0.717, 1.165) is 19.0 Å². The molecule has 1 aliphatic heterocycles. The number of carbonyl (C=O) groups excluding carboxylic acids is 1. The predicted molar refractivity (Wildman–Crippen MR) is 142 cm³/mol. The van der Waals surface area contributed by atoms with Crippen molar-refractivity contribution in [1.82, 2.24) is 4.57 Å². The number of esters is 1. The van der Waals surface area contributed by atoms with Gasteiger partial charge in [-0.05, 0) is 51.5 Å². The quantitative estimate of drug-likeness (QED) is 0.396. The van der Waals surface area contributed by atoms with Crippen molar-refractivity contribution in [3.8, 4) is 11.5 Å². The van der Waals surface area contributed by atoms with E-state index in [1.54, 1.807) is 39.2 Å². The van der Waals surface area contributed by atoms with Crippen molar-refractivity contribution in [2.24, 2.45) is 4.99 Å². The Hall–Kier alpha value is -3.79. The fraction of sp³-hybridized carbons (Fsp3) is 0.370. The number of anilines is 1. The van der Waals surface area contributed by atoms with Gasteiger partial charge < -0.3 is 23.5 Å². The summed E-state index contributed by atoms with van der Waals surface area (Å²) in [4.78, 5) is 34.0. The van der Waals surface area contributed by atoms with E-state index in [1.807, 2.05) is 18.2 Å². The van der Waals surface area contributed by atoms with Crippen LogP contribution in [0.4, 0.5) is 5.88 Å². The molecule has 37 heavy (non-hydrogen) atoms. The molecular weight excluding hydrogens is 494 g/mol. The minimum atomic E-state index is -0.750. The zero-order chi connectivity index (χ0) is 26.7. The molecule has 10 heteroatoms. The van der Waals surface area contributed by atoms with Gasteiger partial charge >= 0.3 is 5.97 Å². The van der Waals surface area contributed by atoms with Crippen molar-refractivity contribution < 1.29 is 23.4 Å². The zero-order valence-electron chi connectivity index (χ0n) is 21.9. The largest absolute Gasteiger partial charge is 0.493 e. The van der Waals surface area contributed by atoms with Crippen LogP contribution in [0.25, 0.3) is 6.08 Å². The molecule has 1 atom stereocenters. The molecule has 0 amide bonds. The third-order valence-electron chi connectivity index (χ3n) is 6.20. The molecule has 0 saturated carbocycles. The fourth-order valence-electron chi connectivity index (χ4n) is 4.38. The average molecular weight is 526 g/mol. The number of furan rings is 1. The number of nitrogens with zero attached hydrogens (tertiary/aromatic N) is 3. The summed E-state index contributed by atoms with van der Waals surface area (Å²) in [6.07, 6.45) is 1.71. The van der Waals surface area contributed by atoms with Gasteiger partial charge in [0.25, 0.3) is 5.56 Å². The molecule has 9 nitrogen and oxygen atoms in total. The van der Waals surface area contributed by atoms with Gasteiger partial charge in [-0.15, -0.1) is 0 Å². The van der Waals surface area contributed by atoms with E-state index in [2.05, 4.69) is 23.7 Å². The Morgan fingerprint density at radius 1 is 1.14 bits per heavy atom. The second-order valence-electron chi connectivity index (χ2n) is 8.26. The van der Waals surface area contributed by atoms with Gasteiger partial charge in [0, 0.05) is 25.2 Å². The van der Waals surface area contributed by atoms with Crippen LogP contribution in [0.3, 0.4) is 0 Å². The van der Waals surface area contributed by atoms with Crippen LogP contribution in [0.2, 0.25) is 0 Å². The van der Waals surface area contributed by atoms with E-state index in [-0.39, 0.29) is 12.2 Å². The van der Waals surface area contributed by atoms with Crippen molar-refractivity contribution in [3.05, 3.63) is 72.6 Å². The molecule has 196 valence electrons. The Bertz CT molecular complexity index is 1510. The fourth-order valence-corrected chi connectivity index (χ4v) is 5.41. The van der Waals surface area contributed by atoms with Crippen LogP contribution in [0.5, 0.6) is 11.5 Å². The van der Waals surface area contributed by atoms with E-state index in [1.165, 1.54) is 23.0 Å². The first-order chi connectivity index (χ1) is 17.9. The molecule has 0 spiro atoms. The van der Waals surface area contributed by atoms with E-state index in [4.69, 9.17) is 18.6 Å². The van der Waals surface area contributed by atoms with Crippen molar-refractivity contribution >= 4 is 29.3 Å². The maximum absolute atomic E-state index is 13.8. The Labute approximate surface area is 218 Å². The maximum Gasteiger partial charge on any atom is 0.338 e. The standard InChI is InChI=1S/C27H31N3O6S/c1-7-29(8-2)22-13-11-18(36-22)15-21-25(31)30-24(17-10-12-19(33-5)20(14-17)34-6)23(26(32)35-9-3)16(4)28-27(30)37-21/h10-15,24H,7-9H2,1-6H3/t24-/m1/s1. The van der Waals surface area contributed by atoms with E-state index in [0.29, 0.717) is 43.4 Å². The molecule has 0 N–H and O–H groups in total. The molecule has 0 radical (unpaired) electrons. The van der Waals surface area contributed by atoms with E-state index in [9.17, 15) is 9.59 Å². The highest BCUT2D eigenvalue weighted by atomic mass is 32.1. The second kappa shape index (κ2) is 11.1. The molecule has 0 saturated heterocycles. The number of hydrogen-bond donors (Lipinski definition) is 0. The minimum Gasteiger partial charge on any atom is -0.493 e. The van der Waals surface area contributed by atoms with Crippen LogP contribution in [0.1, 0.15) is 45.1 Å². The summed E-state index contributed by atoms with van der Waals surface area (Å²) >= 11 is 1.25. The number of rotatable bonds is 9. The monoisotopic (exact) mass is 525 g/mol. The Balaban J connectivity index is 1.90. The van der Waals surface area contributed by atoms with Gasteiger partial charge in [0.2, 0.25) is 0 Å². The highest BCUT2D eigenvalue weighted by molar-refractivity contribution is 7.07. The summed E-state index contributed by atoms with van der Waals surface area (Å²) in [6.45, 7) is 9.43. The van der Waals surface area contributed by atoms with Crippen LogP contribution in [-0.2, 0) is 9.53 Å². The van der Waals surface area contributed by atoms with Gasteiger partial charge in [-0.2, -0.15) is 0 Å². The van der Waals surface area contributed by atoms with Gasteiger partial charge in [0.1, 0.15) is 5.76 Å². The van der Waals surface area contributed by atoms with Gasteiger partial charge in [-0.3, -0.25) is 9.36 Å². The number of benzene rings is 1. The molecule has 3 heterocycles. The Morgan fingerprint density at radius 2 is 1.86 bits per heavy atom. The van der Waals surface area contributed by atoms with Crippen molar-refractivity contribution in [3.63, 3.8) is 0 Å². The number of allylic oxidation sites excluding steroid dienone is 1. The van der Waals surface area contributed by atoms with Gasteiger partial charge in [0.15, 0.2) is 22.2 Å². The molecule has 0 bridgehead atoms. The molecule has 2 aromatic heterocycles. The second-order valence-corrected chi connectivity index (χ2v) is 9.27. The molecule has 0 unspecified atom stereocenters.